The Balaban J connectivity index is 1.88. The van der Waals surface area contributed by atoms with Crippen LogP contribution in [0.5, 0.6) is 0 Å². The van der Waals surface area contributed by atoms with Gasteiger partial charge in [-0.05, 0) is 17.7 Å². The number of hydrogen-bond donors (Lipinski definition) is 0. The lowest BCUT2D eigenvalue weighted by Gasteiger charge is -2.02. The van der Waals surface area contributed by atoms with Crippen LogP contribution < -0.4 is 0 Å². The highest BCUT2D eigenvalue weighted by molar-refractivity contribution is 7.99. The van der Waals surface area contributed by atoms with Gasteiger partial charge in [-0.15, -0.1) is 0 Å². The molecule has 5 heteroatoms. The summed E-state index contributed by atoms with van der Waals surface area (Å²) in [7, 11) is 0. The number of rotatable bonds is 5. The van der Waals surface area contributed by atoms with Crippen molar-refractivity contribution in [2.24, 2.45) is 0 Å². The summed E-state index contributed by atoms with van der Waals surface area (Å²) < 4.78 is 13.3. The maximum atomic E-state index is 13.3. The smallest absolute Gasteiger partial charge is 0.187 e. The molecule has 1 aromatic heterocycles. The van der Waals surface area contributed by atoms with Crippen LogP contribution in [-0.4, -0.2) is 21.5 Å². The van der Waals surface area contributed by atoms with Crippen LogP contribution in [-0.2, 0) is 11.2 Å². The second-order valence-electron chi connectivity index (χ2n) is 3.63. The molecule has 0 spiro atoms. The van der Waals surface area contributed by atoms with Gasteiger partial charge in [0.15, 0.2) is 5.16 Å². The minimum Gasteiger partial charge on any atom is -0.298 e. The summed E-state index contributed by atoms with van der Waals surface area (Å²) in [6.45, 7) is 0. The molecule has 2 rings (SSSR count). The summed E-state index contributed by atoms with van der Waals surface area (Å²) in [5.41, 5.74) is 0.428. The lowest BCUT2D eigenvalue weighted by molar-refractivity contribution is -0.116. The van der Waals surface area contributed by atoms with E-state index in [0.717, 1.165) is 0 Å². The van der Waals surface area contributed by atoms with Crippen LogP contribution in [0, 0.1) is 5.82 Å². The molecule has 0 amide bonds. The lowest BCUT2D eigenvalue weighted by Crippen LogP contribution is -2.07. The summed E-state index contributed by atoms with van der Waals surface area (Å²) in [5.74, 6) is -0.136. The molecule has 0 aliphatic rings. The van der Waals surface area contributed by atoms with Crippen molar-refractivity contribution in [3.63, 3.8) is 0 Å². The van der Waals surface area contributed by atoms with Gasteiger partial charge in [0.05, 0.1) is 5.75 Å². The predicted molar refractivity (Wildman–Crippen MR) is 67.9 cm³/mol. The highest BCUT2D eigenvalue weighted by atomic mass is 32.2. The topological polar surface area (TPSA) is 42.9 Å². The molecule has 2 aromatic rings. The summed E-state index contributed by atoms with van der Waals surface area (Å²) in [4.78, 5) is 19.7. The van der Waals surface area contributed by atoms with E-state index in [2.05, 4.69) is 9.97 Å². The maximum Gasteiger partial charge on any atom is 0.187 e. The van der Waals surface area contributed by atoms with Crippen molar-refractivity contribution >= 4 is 17.5 Å². The second-order valence-corrected chi connectivity index (χ2v) is 4.57. The molecule has 0 saturated carbocycles. The van der Waals surface area contributed by atoms with Gasteiger partial charge >= 0.3 is 0 Å². The molecule has 0 radical (unpaired) electrons. The fourth-order valence-electron chi connectivity index (χ4n) is 1.41. The van der Waals surface area contributed by atoms with E-state index in [4.69, 9.17) is 0 Å². The third-order valence-electron chi connectivity index (χ3n) is 2.25. The Morgan fingerprint density at radius 2 is 1.89 bits per heavy atom. The third kappa shape index (κ3) is 3.63. The van der Waals surface area contributed by atoms with Gasteiger partial charge in [0, 0.05) is 18.8 Å². The first-order chi connectivity index (χ1) is 8.75. The van der Waals surface area contributed by atoms with Gasteiger partial charge in [-0.3, -0.25) is 4.79 Å². The molecule has 18 heavy (non-hydrogen) atoms. The van der Waals surface area contributed by atoms with Gasteiger partial charge in [-0.25, -0.2) is 14.4 Å². The Hall–Kier alpha value is -1.75. The van der Waals surface area contributed by atoms with Crippen molar-refractivity contribution in [1.82, 2.24) is 9.97 Å². The van der Waals surface area contributed by atoms with Crippen LogP contribution >= 0.6 is 11.8 Å². The molecule has 0 aliphatic heterocycles. The normalized spacial score (nSPS) is 10.3. The van der Waals surface area contributed by atoms with Crippen LogP contribution in [0.25, 0.3) is 0 Å². The zero-order valence-electron chi connectivity index (χ0n) is 9.54. The average Bonchev–Trinajstić information content (AvgIpc) is 2.40. The van der Waals surface area contributed by atoms with E-state index in [0.29, 0.717) is 10.7 Å². The standard InChI is InChI=1S/C13H11FN2OS/c14-12-5-2-1-4-10(12)8-11(17)9-18-13-15-6-3-7-16-13/h1-7H,8-9H2. The van der Waals surface area contributed by atoms with Gasteiger partial charge in [0.2, 0.25) is 0 Å². The minimum absolute atomic E-state index is 0.0439. The molecular formula is C13H11FN2OS. The van der Waals surface area contributed by atoms with E-state index in [9.17, 15) is 9.18 Å². The van der Waals surface area contributed by atoms with E-state index < -0.39 is 0 Å². The first-order valence-corrected chi connectivity index (χ1v) is 6.39. The molecule has 1 heterocycles. The molecule has 3 nitrogen and oxygen atoms in total. The van der Waals surface area contributed by atoms with Crippen molar-refractivity contribution in [1.29, 1.82) is 0 Å². The van der Waals surface area contributed by atoms with Gasteiger partial charge in [0.25, 0.3) is 0 Å². The van der Waals surface area contributed by atoms with Crippen LogP contribution in [0.4, 0.5) is 4.39 Å². The molecular weight excluding hydrogens is 251 g/mol. The molecule has 0 saturated heterocycles. The lowest BCUT2D eigenvalue weighted by atomic mass is 10.1. The highest BCUT2D eigenvalue weighted by Gasteiger charge is 2.08. The van der Waals surface area contributed by atoms with Crippen LogP contribution in [0.15, 0.2) is 47.9 Å². The molecule has 0 N–H and O–H groups in total. The number of ketones is 1. The fourth-order valence-corrected chi connectivity index (χ4v) is 2.07. The number of carbonyl (C=O) groups excluding carboxylic acids is 1. The Labute approximate surface area is 108 Å². The maximum absolute atomic E-state index is 13.3. The SMILES string of the molecule is O=C(CSc1ncccn1)Cc1ccccc1F. The van der Waals surface area contributed by atoms with Crippen molar-refractivity contribution < 1.29 is 9.18 Å². The van der Waals surface area contributed by atoms with Gasteiger partial charge in [-0.2, -0.15) is 0 Å². The zero-order valence-corrected chi connectivity index (χ0v) is 10.4. The number of halogens is 1. The van der Waals surface area contributed by atoms with Crippen molar-refractivity contribution in [3.8, 4) is 0 Å². The van der Waals surface area contributed by atoms with E-state index in [1.807, 2.05) is 0 Å². The first-order valence-electron chi connectivity index (χ1n) is 5.40. The number of thioether (sulfide) groups is 1. The van der Waals surface area contributed by atoms with Crippen LogP contribution in [0.2, 0.25) is 0 Å². The van der Waals surface area contributed by atoms with E-state index in [-0.39, 0.29) is 23.8 Å². The molecule has 1 aromatic carbocycles. The number of benzene rings is 1. The number of aromatic nitrogens is 2. The number of hydrogen-bond acceptors (Lipinski definition) is 4. The summed E-state index contributed by atoms with van der Waals surface area (Å²) in [5, 5.41) is 0.555. The highest BCUT2D eigenvalue weighted by Crippen LogP contribution is 2.13. The molecule has 0 bridgehead atoms. The first kappa shape index (κ1) is 12.7. The largest absolute Gasteiger partial charge is 0.298 e. The molecule has 0 fully saturated rings. The Morgan fingerprint density at radius 1 is 1.17 bits per heavy atom. The van der Waals surface area contributed by atoms with Gasteiger partial charge in [0.1, 0.15) is 11.6 Å². The monoisotopic (exact) mass is 262 g/mol. The summed E-state index contributed by atoms with van der Waals surface area (Å²) in [6.07, 6.45) is 3.35. The van der Waals surface area contributed by atoms with Crippen molar-refractivity contribution in [2.45, 2.75) is 11.6 Å². The van der Waals surface area contributed by atoms with Gasteiger partial charge in [-0.1, -0.05) is 30.0 Å². The van der Waals surface area contributed by atoms with Gasteiger partial charge < -0.3 is 0 Å². The zero-order chi connectivity index (χ0) is 12.8. The summed E-state index contributed by atoms with van der Waals surface area (Å²) >= 11 is 1.26. The van der Waals surface area contributed by atoms with Crippen LogP contribution in [0.1, 0.15) is 5.56 Å². The number of nitrogens with zero attached hydrogens (tertiary/aromatic N) is 2. The third-order valence-corrected chi connectivity index (χ3v) is 3.19. The molecule has 0 unspecified atom stereocenters. The van der Waals surface area contributed by atoms with Crippen LogP contribution in [0.3, 0.4) is 0 Å². The molecule has 0 atom stereocenters. The number of Topliss-reactive ketones (excluding diaryl/α,β-unsaturated/α-hetero) is 1. The second kappa shape index (κ2) is 6.26. The quantitative estimate of drug-likeness (QED) is 0.613. The Morgan fingerprint density at radius 3 is 2.61 bits per heavy atom. The fraction of sp³-hybridized carbons (Fsp3) is 0.154. The molecule has 0 aliphatic carbocycles. The van der Waals surface area contributed by atoms with Crippen molar-refractivity contribution in [2.75, 3.05) is 5.75 Å². The van der Waals surface area contributed by atoms with E-state index >= 15 is 0 Å². The average molecular weight is 262 g/mol. The Kier molecular flexibility index (Phi) is 4.41. The van der Waals surface area contributed by atoms with E-state index in [1.165, 1.54) is 17.8 Å². The molecule has 92 valence electrons. The van der Waals surface area contributed by atoms with E-state index in [1.54, 1.807) is 36.7 Å². The predicted octanol–water partition coefficient (Wildman–Crippen LogP) is 2.52. The number of carbonyl (C=O) groups is 1. The Bertz CT molecular complexity index is 534. The van der Waals surface area contributed by atoms with Crippen molar-refractivity contribution in [3.05, 3.63) is 54.1 Å². The summed E-state index contributed by atoms with van der Waals surface area (Å²) in [6, 6.07) is 8.02. The minimum atomic E-state index is -0.341.